The van der Waals surface area contributed by atoms with E-state index in [4.69, 9.17) is 0 Å². The molecule has 5 heteroatoms. The van der Waals surface area contributed by atoms with Crippen LogP contribution in [-0.2, 0) is 0 Å². The first-order valence-electron chi connectivity index (χ1n) is 5.37. The van der Waals surface area contributed by atoms with Crippen molar-refractivity contribution in [2.75, 3.05) is 13.1 Å². The van der Waals surface area contributed by atoms with Gasteiger partial charge in [0.25, 0.3) is 5.69 Å². The van der Waals surface area contributed by atoms with Crippen LogP contribution in [0.2, 0.25) is 0 Å². The molecule has 0 spiro atoms. The maximum Gasteiger partial charge on any atom is 0.269 e. The third-order valence-electron chi connectivity index (χ3n) is 2.60. The summed E-state index contributed by atoms with van der Waals surface area (Å²) in [6.45, 7) is 2.14. The molecule has 16 heavy (non-hydrogen) atoms. The fourth-order valence-electron chi connectivity index (χ4n) is 1.76. The van der Waals surface area contributed by atoms with Gasteiger partial charge in [-0.1, -0.05) is 0 Å². The molecule has 1 N–H and O–H groups in total. The first-order valence-corrected chi connectivity index (χ1v) is 6.25. The van der Waals surface area contributed by atoms with Crippen LogP contribution in [0.25, 0.3) is 0 Å². The van der Waals surface area contributed by atoms with Gasteiger partial charge in [0.1, 0.15) is 0 Å². The van der Waals surface area contributed by atoms with Crippen LogP contribution in [0.4, 0.5) is 5.69 Å². The Kier molecular flexibility index (Phi) is 3.79. The van der Waals surface area contributed by atoms with E-state index >= 15 is 0 Å². The van der Waals surface area contributed by atoms with E-state index in [-0.39, 0.29) is 10.6 Å². The lowest BCUT2D eigenvalue weighted by atomic mass is 10.2. The molecule has 1 atom stereocenters. The second-order valence-electron chi connectivity index (χ2n) is 3.84. The Labute approximate surface area is 98.6 Å². The van der Waals surface area contributed by atoms with Gasteiger partial charge >= 0.3 is 0 Å². The Bertz CT molecular complexity index is 361. The fourth-order valence-corrected chi connectivity index (χ4v) is 2.92. The third-order valence-corrected chi connectivity index (χ3v) is 3.88. The zero-order valence-corrected chi connectivity index (χ0v) is 9.70. The van der Waals surface area contributed by atoms with Gasteiger partial charge in [-0.3, -0.25) is 10.1 Å². The Balaban J connectivity index is 1.96. The van der Waals surface area contributed by atoms with E-state index in [1.165, 1.54) is 12.8 Å². The smallest absolute Gasteiger partial charge is 0.269 e. The predicted octanol–water partition coefficient (Wildman–Crippen LogP) is 2.44. The maximum atomic E-state index is 10.5. The van der Waals surface area contributed by atoms with Gasteiger partial charge in [0, 0.05) is 28.8 Å². The summed E-state index contributed by atoms with van der Waals surface area (Å²) in [6.07, 6.45) is 2.43. The molecule has 86 valence electrons. The highest BCUT2D eigenvalue weighted by Crippen LogP contribution is 2.28. The van der Waals surface area contributed by atoms with E-state index in [2.05, 4.69) is 5.32 Å². The summed E-state index contributed by atoms with van der Waals surface area (Å²) < 4.78 is 0. The van der Waals surface area contributed by atoms with Crippen molar-refractivity contribution in [2.24, 2.45) is 0 Å². The van der Waals surface area contributed by atoms with Crippen LogP contribution in [0.15, 0.2) is 29.2 Å². The number of nitro benzene ring substituents is 1. The fraction of sp³-hybridized carbons (Fsp3) is 0.455. The Morgan fingerprint density at radius 1 is 1.38 bits per heavy atom. The van der Waals surface area contributed by atoms with Gasteiger partial charge in [0.15, 0.2) is 0 Å². The lowest BCUT2D eigenvalue weighted by molar-refractivity contribution is -0.384. The molecule has 1 aliphatic heterocycles. The van der Waals surface area contributed by atoms with E-state index in [9.17, 15) is 10.1 Å². The largest absolute Gasteiger partial charge is 0.316 e. The minimum Gasteiger partial charge on any atom is -0.316 e. The number of benzene rings is 1. The molecule has 1 saturated heterocycles. The molecule has 1 unspecified atom stereocenters. The van der Waals surface area contributed by atoms with E-state index in [1.54, 1.807) is 23.9 Å². The van der Waals surface area contributed by atoms with Crippen molar-refractivity contribution in [3.63, 3.8) is 0 Å². The monoisotopic (exact) mass is 238 g/mol. The molecule has 1 aromatic rings. The summed E-state index contributed by atoms with van der Waals surface area (Å²) >= 11 is 1.80. The minimum absolute atomic E-state index is 0.158. The summed E-state index contributed by atoms with van der Waals surface area (Å²) in [6, 6.07) is 6.80. The minimum atomic E-state index is -0.364. The standard InChI is InChI=1S/C11H14N2O2S/c14-13(15)9-3-5-10(6-4-9)16-11-2-1-7-12-8-11/h3-6,11-12H,1-2,7-8H2. The van der Waals surface area contributed by atoms with Crippen molar-refractivity contribution >= 4 is 17.4 Å². The number of hydrogen-bond acceptors (Lipinski definition) is 4. The van der Waals surface area contributed by atoms with Crippen molar-refractivity contribution in [3.8, 4) is 0 Å². The molecular weight excluding hydrogens is 224 g/mol. The lowest BCUT2D eigenvalue weighted by Gasteiger charge is -2.21. The first-order chi connectivity index (χ1) is 7.75. The molecule has 4 nitrogen and oxygen atoms in total. The van der Waals surface area contributed by atoms with Crippen LogP contribution >= 0.6 is 11.8 Å². The zero-order chi connectivity index (χ0) is 11.4. The average molecular weight is 238 g/mol. The number of nitrogens with zero attached hydrogens (tertiary/aromatic N) is 1. The van der Waals surface area contributed by atoms with Crippen molar-refractivity contribution in [1.82, 2.24) is 5.32 Å². The summed E-state index contributed by atoms with van der Waals surface area (Å²) in [5, 5.41) is 14.4. The number of rotatable bonds is 3. The molecule has 1 heterocycles. The molecule has 1 aromatic carbocycles. The third kappa shape index (κ3) is 2.96. The molecule has 0 aliphatic carbocycles. The summed E-state index contributed by atoms with van der Waals surface area (Å²) in [7, 11) is 0. The van der Waals surface area contributed by atoms with Crippen LogP contribution in [0.5, 0.6) is 0 Å². The van der Waals surface area contributed by atoms with Crippen molar-refractivity contribution in [1.29, 1.82) is 0 Å². The summed E-state index contributed by atoms with van der Waals surface area (Å²) in [5.41, 5.74) is 0.158. The Morgan fingerprint density at radius 3 is 2.69 bits per heavy atom. The normalized spacial score (nSPS) is 20.6. The van der Waals surface area contributed by atoms with Gasteiger partial charge in [-0.05, 0) is 31.5 Å². The molecule has 2 rings (SSSR count). The van der Waals surface area contributed by atoms with Gasteiger partial charge < -0.3 is 5.32 Å². The van der Waals surface area contributed by atoms with Crippen LogP contribution in [-0.4, -0.2) is 23.3 Å². The van der Waals surface area contributed by atoms with Gasteiger partial charge in [0.05, 0.1) is 4.92 Å². The van der Waals surface area contributed by atoms with Crippen molar-refractivity contribution in [2.45, 2.75) is 23.0 Å². The van der Waals surface area contributed by atoms with E-state index in [1.807, 2.05) is 12.1 Å². The van der Waals surface area contributed by atoms with E-state index < -0.39 is 0 Å². The molecule has 0 bridgehead atoms. The summed E-state index contributed by atoms with van der Waals surface area (Å²) in [5.74, 6) is 0. The predicted molar refractivity (Wildman–Crippen MR) is 64.8 cm³/mol. The van der Waals surface area contributed by atoms with Crippen LogP contribution < -0.4 is 5.32 Å². The topological polar surface area (TPSA) is 55.2 Å². The number of hydrogen-bond donors (Lipinski definition) is 1. The number of nitro groups is 1. The zero-order valence-electron chi connectivity index (χ0n) is 8.89. The second kappa shape index (κ2) is 5.32. The molecule has 0 amide bonds. The first kappa shape index (κ1) is 11.4. The Hall–Kier alpha value is -1.07. The maximum absolute atomic E-state index is 10.5. The highest BCUT2D eigenvalue weighted by Gasteiger charge is 2.14. The van der Waals surface area contributed by atoms with Crippen LogP contribution in [0.1, 0.15) is 12.8 Å². The average Bonchev–Trinajstić information content (AvgIpc) is 2.31. The quantitative estimate of drug-likeness (QED) is 0.649. The van der Waals surface area contributed by atoms with Crippen molar-refractivity contribution < 1.29 is 4.92 Å². The highest BCUT2D eigenvalue weighted by atomic mass is 32.2. The van der Waals surface area contributed by atoms with Crippen LogP contribution in [0, 0.1) is 10.1 Å². The SMILES string of the molecule is O=[N+]([O-])c1ccc(SC2CCCNC2)cc1. The molecular formula is C11H14N2O2S. The highest BCUT2D eigenvalue weighted by molar-refractivity contribution is 8.00. The molecule has 0 aromatic heterocycles. The Morgan fingerprint density at radius 2 is 2.12 bits per heavy atom. The van der Waals surface area contributed by atoms with E-state index in [0.29, 0.717) is 5.25 Å². The lowest BCUT2D eigenvalue weighted by Crippen LogP contribution is -2.31. The van der Waals surface area contributed by atoms with Gasteiger partial charge in [-0.15, -0.1) is 11.8 Å². The van der Waals surface area contributed by atoms with E-state index in [0.717, 1.165) is 18.0 Å². The second-order valence-corrected chi connectivity index (χ2v) is 5.21. The number of nitrogens with one attached hydrogen (secondary N) is 1. The van der Waals surface area contributed by atoms with Gasteiger partial charge in [-0.25, -0.2) is 0 Å². The number of non-ortho nitro benzene ring substituents is 1. The van der Waals surface area contributed by atoms with Crippen molar-refractivity contribution in [3.05, 3.63) is 34.4 Å². The molecule has 1 aliphatic rings. The number of thioether (sulfide) groups is 1. The number of piperidine rings is 1. The summed E-state index contributed by atoms with van der Waals surface area (Å²) in [4.78, 5) is 11.2. The molecule has 0 saturated carbocycles. The molecule has 1 fully saturated rings. The van der Waals surface area contributed by atoms with Crippen LogP contribution in [0.3, 0.4) is 0 Å². The molecule has 0 radical (unpaired) electrons. The van der Waals surface area contributed by atoms with Gasteiger partial charge in [0.2, 0.25) is 0 Å². The van der Waals surface area contributed by atoms with Gasteiger partial charge in [-0.2, -0.15) is 0 Å².